The fourth-order valence-corrected chi connectivity index (χ4v) is 1.93. The van der Waals surface area contributed by atoms with E-state index >= 15 is 0 Å². The molecule has 120 valence electrons. The highest BCUT2D eigenvalue weighted by Crippen LogP contribution is 2.00. The fourth-order valence-electron chi connectivity index (χ4n) is 1.93. The summed E-state index contributed by atoms with van der Waals surface area (Å²) in [5.74, 6) is 1.79. The molecular formula is C16H23IN4O. The van der Waals surface area contributed by atoms with Crippen molar-refractivity contribution in [1.29, 1.82) is 0 Å². The Bertz CT molecular complexity index is 528. The molecule has 2 aromatic rings. The summed E-state index contributed by atoms with van der Waals surface area (Å²) in [6, 6.07) is 9.83. The maximum absolute atomic E-state index is 5.30. The van der Waals surface area contributed by atoms with Gasteiger partial charge in [-0.05, 0) is 31.2 Å². The summed E-state index contributed by atoms with van der Waals surface area (Å²) in [7, 11) is 0. The molecule has 22 heavy (non-hydrogen) atoms. The van der Waals surface area contributed by atoms with E-state index in [4.69, 9.17) is 4.42 Å². The second-order valence-corrected chi connectivity index (χ2v) is 4.59. The average molecular weight is 414 g/mol. The van der Waals surface area contributed by atoms with Crippen LogP contribution in [0, 0.1) is 0 Å². The van der Waals surface area contributed by atoms with E-state index in [1.54, 1.807) is 6.26 Å². The van der Waals surface area contributed by atoms with Gasteiger partial charge in [-0.15, -0.1) is 24.0 Å². The third-order valence-corrected chi connectivity index (χ3v) is 2.95. The molecule has 0 bridgehead atoms. The monoisotopic (exact) mass is 414 g/mol. The Hall–Kier alpha value is -1.57. The Morgan fingerprint density at radius 2 is 2.09 bits per heavy atom. The van der Waals surface area contributed by atoms with E-state index in [2.05, 4.69) is 27.5 Å². The van der Waals surface area contributed by atoms with Crippen molar-refractivity contribution in [3.8, 4) is 0 Å². The van der Waals surface area contributed by atoms with Crippen molar-refractivity contribution in [2.45, 2.75) is 19.8 Å². The van der Waals surface area contributed by atoms with E-state index in [-0.39, 0.29) is 24.0 Å². The van der Waals surface area contributed by atoms with Gasteiger partial charge in [0.1, 0.15) is 5.76 Å². The molecule has 0 spiro atoms. The lowest BCUT2D eigenvalue weighted by molar-refractivity contribution is 0.510. The molecule has 0 aliphatic heterocycles. The van der Waals surface area contributed by atoms with Crippen LogP contribution in [0.2, 0.25) is 0 Å². The predicted molar refractivity (Wildman–Crippen MR) is 99.7 cm³/mol. The summed E-state index contributed by atoms with van der Waals surface area (Å²) in [5, 5.41) is 6.55. The molecule has 0 unspecified atom stereocenters. The summed E-state index contributed by atoms with van der Waals surface area (Å²) >= 11 is 0. The molecular weight excluding hydrogens is 391 g/mol. The van der Waals surface area contributed by atoms with Crippen LogP contribution in [0.5, 0.6) is 0 Å². The van der Waals surface area contributed by atoms with E-state index in [1.807, 2.05) is 36.5 Å². The summed E-state index contributed by atoms with van der Waals surface area (Å²) in [6.07, 6.45) is 5.20. The molecule has 0 aromatic carbocycles. The van der Waals surface area contributed by atoms with Crippen LogP contribution >= 0.6 is 24.0 Å². The summed E-state index contributed by atoms with van der Waals surface area (Å²) in [6.45, 7) is 4.41. The molecule has 0 aliphatic carbocycles. The zero-order chi connectivity index (χ0) is 14.8. The topological polar surface area (TPSA) is 62.5 Å². The number of furan rings is 1. The maximum Gasteiger partial charge on any atom is 0.191 e. The molecule has 0 saturated heterocycles. The first kappa shape index (κ1) is 18.5. The SMILES string of the molecule is CCNC(=NCCc1ccco1)NCCc1ccccn1.I. The highest BCUT2D eigenvalue weighted by Gasteiger charge is 1.99. The minimum absolute atomic E-state index is 0. The number of aromatic nitrogens is 1. The van der Waals surface area contributed by atoms with E-state index < -0.39 is 0 Å². The number of aliphatic imine (C=N–C) groups is 1. The van der Waals surface area contributed by atoms with Crippen molar-refractivity contribution in [3.63, 3.8) is 0 Å². The van der Waals surface area contributed by atoms with Crippen molar-refractivity contribution >= 4 is 29.9 Å². The lowest BCUT2D eigenvalue weighted by Gasteiger charge is -2.10. The third-order valence-electron chi connectivity index (χ3n) is 2.95. The van der Waals surface area contributed by atoms with Crippen LogP contribution in [-0.2, 0) is 12.8 Å². The van der Waals surface area contributed by atoms with Crippen LogP contribution in [0.4, 0.5) is 0 Å². The van der Waals surface area contributed by atoms with Gasteiger partial charge in [0.2, 0.25) is 0 Å². The smallest absolute Gasteiger partial charge is 0.191 e. The molecule has 0 fully saturated rings. The Morgan fingerprint density at radius 3 is 2.77 bits per heavy atom. The van der Waals surface area contributed by atoms with Gasteiger partial charge in [-0.1, -0.05) is 6.07 Å². The van der Waals surface area contributed by atoms with E-state index in [1.165, 1.54) is 0 Å². The molecule has 0 aliphatic rings. The van der Waals surface area contributed by atoms with Crippen LogP contribution in [0.25, 0.3) is 0 Å². The van der Waals surface area contributed by atoms with Gasteiger partial charge in [-0.2, -0.15) is 0 Å². The molecule has 0 amide bonds. The number of halogens is 1. The molecule has 6 heteroatoms. The van der Waals surface area contributed by atoms with E-state index in [0.29, 0.717) is 6.54 Å². The summed E-state index contributed by atoms with van der Waals surface area (Å²) in [4.78, 5) is 8.84. The van der Waals surface area contributed by atoms with Gasteiger partial charge in [0.15, 0.2) is 5.96 Å². The van der Waals surface area contributed by atoms with Gasteiger partial charge in [0.05, 0.1) is 6.26 Å². The first-order valence-corrected chi connectivity index (χ1v) is 7.33. The molecule has 2 N–H and O–H groups in total. The zero-order valence-electron chi connectivity index (χ0n) is 12.8. The van der Waals surface area contributed by atoms with Gasteiger partial charge in [0, 0.05) is 44.4 Å². The molecule has 0 saturated carbocycles. The van der Waals surface area contributed by atoms with E-state index in [0.717, 1.165) is 43.3 Å². The van der Waals surface area contributed by atoms with Gasteiger partial charge in [-0.3, -0.25) is 9.98 Å². The number of nitrogens with one attached hydrogen (secondary N) is 2. The van der Waals surface area contributed by atoms with Gasteiger partial charge in [0.25, 0.3) is 0 Å². The van der Waals surface area contributed by atoms with Crippen molar-refractivity contribution in [2.75, 3.05) is 19.6 Å². The molecule has 2 rings (SSSR count). The molecule has 2 heterocycles. The lowest BCUT2D eigenvalue weighted by atomic mass is 10.3. The van der Waals surface area contributed by atoms with Gasteiger partial charge in [-0.25, -0.2) is 0 Å². The Morgan fingerprint density at radius 1 is 1.18 bits per heavy atom. The maximum atomic E-state index is 5.30. The minimum Gasteiger partial charge on any atom is -0.469 e. The third kappa shape index (κ3) is 6.93. The number of hydrogen-bond acceptors (Lipinski definition) is 3. The second kappa shape index (κ2) is 11.1. The highest BCUT2D eigenvalue weighted by atomic mass is 127. The second-order valence-electron chi connectivity index (χ2n) is 4.59. The van der Waals surface area contributed by atoms with Crippen LogP contribution in [0.1, 0.15) is 18.4 Å². The van der Waals surface area contributed by atoms with Crippen LogP contribution in [0.3, 0.4) is 0 Å². The summed E-state index contributed by atoms with van der Waals surface area (Å²) < 4.78 is 5.30. The van der Waals surface area contributed by atoms with Crippen molar-refractivity contribution in [2.24, 2.45) is 4.99 Å². The van der Waals surface area contributed by atoms with Crippen LogP contribution in [-0.4, -0.2) is 30.6 Å². The van der Waals surface area contributed by atoms with E-state index in [9.17, 15) is 0 Å². The minimum atomic E-state index is 0. The molecule has 0 atom stereocenters. The predicted octanol–water partition coefficient (Wildman–Crippen LogP) is 2.63. The van der Waals surface area contributed by atoms with Crippen molar-refractivity contribution < 1.29 is 4.42 Å². The lowest BCUT2D eigenvalue weighted by Crippen LogP contribution is -2.38. The molecule has 0 radical (unpaired) electrons. The standard InChI is InChI=1S/C16H22N4O.HI/c1-2-17-16(20-12-9-15-7-5-13-21-15)19-11-8-14-6-3-4-10-18-14;/h3-7,10,13H,2,8-9,11-12H2,1H3,(H2,17,19,20);1H. The number of nitrogens with zero attached hydrogens (tertiary/aromatic N) is 2. The van der Waals surface area contributed by atoms with Crippen molar-refractivity contribution in [3.05, 3.63) is 54.2 Å². The van der Waals surface area contributed by atoms with Crippen molar-refractivity contribution in [1.82, 2.24) is 15.6 Å². The quantitative estimate of drug-likeness (QED) is 0.416. The molecule has 2 aromatic heterocycles. The van der Waals surface area contributed by atoms with Crippen LogP contribution < -0.4 is 10.6 Å². The zero-order valence-corrected chi connectivity index (χ0v) is 15.1. The van der Waals surface area contributed by atoms with Crippen LogP contribution in [0.15, 0.2) is 52.2 Å². The van der Waals surface area contributed by atoms with Gasteiger partial charge < -0.3 is 15.1 Å². The average Bonchev–Trinajstić information content (AvgIpc) is 3.02. The highest BCUT2D eigenvalue weighted by molar-refractivity contribution is 14.0. The number of rotatable bonds is 7. The Balaban J connectivity index is 0.00000242. The summed E-state index contributed by atoms with van der Waals surface area (Å²) in [5.41, 5.74) is 1.08. The number of hydrogen-bond donors (Lipinski definition) is 2. The first-order chi connectivity index (χ1) is 10.4. The number of guanidine groups is 1. The Kier molecular flexibility index (Phi) is 9.29. The van der Waals surface area contributed by atoms with Gasteiger partial charge >= 0.3 is 0 Å². The normalized spacial score (nSPS) is 10.9. The Labute approximate surface area is 148 Å². The fraction of sp³-hybridized carbons (Fsp3) is 0.375. The number of pyridine rings is 1. The molecule has 5 nitrogen and oxygen atoms in total. The first-order valence-electron chi connectivity index (χ1n) is 7.33. The largest absolute Gasteiger partial charge is 0.469 e.